The fourth-order valence-corrected chi connectivity index (χ4v) is 5.31. The summed E-state index contributed by atoms with van der Waals surface area (Å²) >= 11 is 0. The first-order chi connectivity index (χ1) is 14.4. The van der Waals surface area contributed by atoms with Crippen LogP contribution < -0.4 is 4.74 Å². The van der Waals surface area contributed by atoms with Gasteiger partial charge in [-0.25, -0.2) is 4.68 Å². The standard InChI is InChI=1S/C26H30N2O2/c1-18(2)20-11-13-21(14-12-20)25-15-7-8-16-26(25,29)30-24-23(17-25)19(3)27-28(24)22-9-5-4-6-10-22/h4-6,9-14,18,29H,7-8,15-17H2,1-3H3/t25-,26+/m1/s1. The maximum atomic E-state index is 11.9. The fourth-order valence-electron chi connectivity index (χ4n) is 5.31. The molecule has 0 saturated heterocycles. The zero-order valence-corrected chi connectivity index (χ0v) is 18.1. The van der Waals surface area contributed by atoms with Crippen LogP contribution in [0, 0.1) is 6.92 Å². The molecule has 0 radical (unpaired) electrons. The average Bonchev–Trinajstić information content (AvgIpc) is 3.07. The number of aliphatic hydroxyl groups is 1. The molecule has 30 heavy (non-hydrogen) atoms. The monoisotopic (exact) mass is 402 g/mol. The highest BCUT2D eigenvalue weighted by molar-refractivity contribution is 5.47. The van der Waals surface area contributed by atoms with Crippen molar-refractivity contribution in [3.63, 3.8) is 0 Å². The third-order valence-electron chi connectivity index (χ3n) is 7.13. The first kappa shape index (κ1) is 19.4. The molecule has 1 aliphatic heterocycles. The summed E-state index contributed by atoms with van der Waals surface area (Å²) in [6.07, 6.45) is 4.37. The van der Waals surface area contributed by atoms with E-state index in [1.807, 2.05) is 41.9 Å². The van der Waals surface area contributed by atoms with Gasteiger partial charge in [0.1, 0.15) is 0 Å². The van der Waals surface area contributed by atoms with Crippen molar-refractivity contribution in [2.24, 2.45) is 0 Å². The highest BCUT2D eigenvalue weighted by atomic mass is 16.6. The van der Waals surface area contributed by atoms with Crippen molar-refractivity contribution in [2.75, 3.05) is 0 Å². The number of fused-ring (bicyclic) bond motifs is 2. The second-order valence-electron chi connectivity index (χ2n) is 9.25. The van der Waals surface area contributed by atoms with E-state index in [1.165, 1.54) is 11.1 Å². The minimum atomic E-state index is -1.23. The van der Waals surface area contributed by atoms with E-state index in [-0.39, 0.29) is 0 Å². The molecule has 0 amide bonds. The lowest BCUT2D eigenvalue weighted by atomic mass is 9.61. The third-order valence-corrected chi connectivity index (χ3v) is 7.13. The van der Waals surface area contributed by atoms with Crippen molar-refractivity contribution in [3.05, 3.63) is 77.0 Å². The van der Waals surface area contributed by atoms with Gasteiger partial charge in [0.2, 0.25) is 11.7 Å². The molecule has 1 fully saturated rings. The SMILES string of the molecule is Cc1nn(-c2ccccc2)c2c1C[C@@]1(c3ccc(C(C)C)cc3)CCCC[C@]1(O)O2. The van der Waals surface area contributed by atoms with Crippen LogP contribution in [0.3, 0.4) is 0 Å². The number of ether oxygens (including phenoxy) is 1. The number of aromatic nitrogens is 2. The van der Waals surface area contributed by atoms with Gasteiger partial charge in [-0.3, -0.25) is 0 Å². The molecule has 1 aliphatic carbocycles. The number of hydrogen-bond donors (Lipinski definition) is 1. The minimum Gasteiger partial charge on any atom is -0.444 e. The predicted molar refractivity (Wildman–Crippen MR) is 118 cm³/mol. The molecule has 3 aromatic rings. The van der Waals surface area contributed by atoms with E-state index in [0.717, 1.165) is 42.6 Å². The lowest BCUT2D eigenvalue weighted by Crippen LogP contribution is -2.61. The average molecular weight is 403 g/mol. The van der Waals surface area contributed by atoms with E-state index in [4.69, 9.17) is 9.84 Å². The van der Waals surface area contributed by atoms with Crippen molar-refractivity contribution in [1.29, 1.82) is 0 Å². The second kappa shape index (κ2) is 6.98. The largest absolute Gasteiger partial charge is 0.444 e. The molecule has 1 saturated carbocycles. The molecular weight excluding hydrogens is 372 g/mol. The summed E-state index contributed by atoms with van der Waals surface area (Å²) in [6.45, 7) is 6.47. The van der Waals surface area contributed by atoms with E-state index < -0.39 is 11.2 Å². The smallest absolute Gasteiger partial charge is 0.222 e. The summed E-state index contributed by atoms with van der Waals surface area (Å²) in [5.74, 6) is -0.0452. The Balaban J connectivity index is 1.64. The molecule has 0 unspecified atom stereocenters. The lowest BCUT2D eigenvalue weighted by Gasteiger charge is -2.52. The van der Waals surface area contributed by atoms with Crippen LogP contribution in [0.5, 0.6) is 5.88 Å². The highest BCUT2D eigenvalue weighted by Gasteiger charge is 2.59. The molecule has 1 aromatic heterocycles. The molecule has 0 spiro atoms. The van der Waals surface area contributed by atoms with Crippen LogP contribution in [-0.2, 0) is 11.8 Å². The van der Waals surface area contributed by atoms with E-state index in [9.17, 15) is 5.11 Å². The van der Waals surface area contributed by atoms with Gasteiger partial charge in [-0.2, -0.15) is 5.10 Å². The Labute approximate surface area is 178 Å². The molecule has 2 atom stereocenters. The normalized spacial score (nSPS) is 25.5. The first-order valence-electron chi connectivity index (χ1n) is 11.1. The first-order valence-corrected chi connectivity index (χ1v) is 11.1. The number of aryl methyl sites for hydroxylation is 1. The van der Waals surface area contributed by atoms with Crippen LogP contribution in [0.1, 0.15) is 67.8 Å². The summed E-state index contributed by atoms with van der Waals surface area (Å²) in [5, 5.41) is 16.7. The zero-order valence-electron chi connectivity index (χ0n) is 18.1. The van der Waals surface area contributed by atoms with E-state index in [2.05, 4.69) is 38.1 Å². The molecule has 1 N–H and O–H groups in total. The predicted octanol–water partition coefficient (Wildman–Crippen LogP) is 5.44. The topological polar surface area (TPSA) is 47.3 Å². The van der Waals surface area contributed by atoms with Gasteiger partial charge in [0.05, 0.1) is 16.8 Å². The minimum absolute atomic E-state index is 0.441. The summed E-state index contributed by atoms with van der Waals surface area (Å²) in [7, 11) is 0. The third kappa shape index (κ3) is 2.81. The Morgan fingerprint density at radius 1 is 1.00 bits per heavy atom. The molecule has 4 heteroatoms. The zero-order chi connectivity index (χ0) is 20.9. The van der Waals surface area contributed by atoms with Crippen LogP contribution >= 0.6 is 0 Å². The summed E-state index contributed by atoms with van der Waals surface area (Å²) in [4.78, 5) is 0. The van der Waals surface area contributed by atoms with Gasteiger partial charge in [0.25, 0.3) is 0 Å². The molecule has 2 heterocycles. The molecular formula is C26H30N2O2. The quantitative estimate of drug-likeness (QED) is 0.635. The Morgan fingerprint density at radius 3 is 2.40 bits per heavy atom. The summed E-state index contributed by atoms with van der Waals surface area (Å²) in [6, 6.07) is 18.9. The summed E-state index contributed by atoms with van der Waals surface area (Å²) < 4.78 is 8.37. The van der Waals surface area contributed by atoms with E-state index >= 15 is 0 Å². The fraction of sp³-hybridized carbons (Fsp3) is 0.423. The van der Waals surface area contributed by atoms with Crippen molar-refractivity contribution >= 4 is 0 Å². The second-order valence-corrected chi connectivity index (χ2v) is 9.25. The van der Waals surface area contributed by atoms with Gasteiger partial charge in [-0.1, -0.05) is 62.7 Å². The number of hydrogen-bond acceptors (Lipinski definition) is 3. The van der Waals surface area contributed by atoms with Gasteiger partial charge >= 0.3 is 0 Å². The molecule has 0 bridgehead atoms. The maximum Gasteiger partial charge on any atom is 0.222 e. The number of benzene rings is 2. The van der Waals surface area contributed by atoms with Crippen LogP contribution in [0.25, 0.3) is 5.69 Å². The van der Waals surface area contributed by atoms with Crippen LogP contribution in [0.2, 0.25) is 0 Å². The number of rotatable bonds is 3. The Morgan fingerprint density at radius 2 is 1.70 bits per heavy atom. The summed E-state index contributed by atoms with van der Waals surface area (Å²) in [5.41, 5.74) is 5.09. The van der Waals surface area contributed by atoms with Crippen LogP contribution in [0.4, 0.5) is 0 Å². The Kier molecular flexibility index (Phi) is 4.51. The van der Waals surface area contributed by atoms with Crippen LogP contribution in [0.15, 0.2) is 54.6 Å². The van der Waals surface area contributed by atoms with Crippen molar-refractivity contribution in [3.8, 4) is 11.6 Å². The maximum absolute atomic E-state index is 11.9. The van der Waals surface area contributed by atoms with Gasteiger partial charge in [-0.05, 0) is 55.4 Å². The van der Waals surface area contributed by atoms with Crippen LogP contribution in [-0.4, -0.2) is 20.7 Å². The Bertz CT molecular complexity index is 1050. The van der Waals surface area contributed by atoms with Crippen molar-refractivity contribution < 1.29 is 9.84 Å². The molecule has 2 aliphatic rings. The molecule has 5 rings (SSSR count). The number of para-hydroxylation sites is 1. The lowest BCUT2D eigenvalue weighted by molar-refractivity contribution is -0.222. The molecule has 4 nitrogen and oxygen atoms in total. The van der Waals surface area contributed by atoms with E-state index in [1.54, 1.807) is 0 Å². The van der Waals surface area contributed by atoms with E-state index in [0.29, 0.717) is 18.2 Å². The molecule has 2 aromatic carbocycles. The van der Waals surface area contributed by atoms with Gasteiger partial charge < -0.3 is 9.84 Å². The highest BCUT2D eigenvalue weighted by Crippen LogP contribution is 2.54. The Hall–Kier alpha value is -2.59. The number of nitrogens with zero attached hydrogens (tertiary/aromatic N) is 2. The van der Waals surface area contributed by atoms with Crippen molar-refractivity contribution in [1.82, 2.24) is 9.78 Å². The van der Waals surface area contributed by atoms with Gasteiger partial charge in [0, 0.05) is 12.0 Å². The molecule has 156 valence electrons. The van der Waals surface area contributed by atoms with Gasteiger partial charge in [-0.15, -0.1) is 0 Å². The van der Waals surface area contributed by atoms with Gasteiger partial charge in [0.15, 0.2) is 0 Å². The van der Waals surface area contributed by atoms with Crippen molar-refractivity contribution in [2.45, 2.75) is 70.0 Å².